The smallest absolute Gasteiger partial charge is 0.321 e. The number of methoxy groups -OCH3 is 1. The first kappa shape index (κ1) is 14.6. The lowest BCUT2D eigenvalue weighted by Crippen LogP contribution is -2.33. The number of hydrogen-bond acceptors (Lipinski definition) is 3. The maximum Gasteiger partial charge on any atom is 0.321 e. The number of nitrogens with one attached hydrogen (secondary N) is 1. The van der Waals surface area contributed by atoms with Gasteiger partial charge in [0.15, 0.2) is 0 Å². The molecule has 0 aliphatic carbocycles. The molecule has 0 bridgehead atoms. The van der Waals surface area contributed by atoms with Crippen molar-refractivity contribution in [1.29, 1.82) is 0 Å². The van der Waals surface area contributed by atoms with E-state index in [1.807, 2.05) is 0 Å². The molecule has 0 saturated heterocycles. The van der Waals surface area contributed by atoms with Gasteiger partial charge in [0.1, 0.15) is 10.6 Å². The van der Waals surface area contributed by atoms with Crippen molar-refractivity contribution in [3.8, 4) is 0 Å². The van der Waals surface area contributed by atoms with Gasteiger partial charge in [0, 0.05) is 12.1 Å². The number of esters is 1. The minimum atomic E-state index is -0.623. The van der Waals surface area contributed by atoms with Crippen molar-refractivity contribution in [3.05, 3.63) is 35.1 Å². The molecule has 98 valence electrons. The lowest BCUT2D eigenvalue weighted by Gasteiger charge is -2.09. The molecule has 0 heterocycles. The van der Waals surface area contributed by atoms with Crippen molar-refractivity contribution in [2.75, 3.05) is 13.7 Å². The number of amides is 1. The zero-order valence-corrected chi connectivity index (χ0v) is 11.6. The predicted octanol–water partition coefficient (Wildman–Crippen LogP) is 1.80. The number of ether oxygens (including phenoxy) is 1. The van der Waals surface area contributed by atoms with Gasteiger partial charge in [-0.2, -0.15) is 0 Å². The van der Waals surface area contributed by atoms with Gasteiger partial charge in [0.05, 0.1) is 7.11 Å². The molecule has 4 nitrogen and oxygen atoms in total. The van der Waals surface area contributed by atoms with Crippen LogP contribution in [0.15, 0.2) is 18.2 Å². The maximum atomic E-state index is 13.3. The van der Waals surface area contributed by atoms with Gasteiger partial charge in [0.2, 0.25) is 0 Å². The van der Waals surface area contributed by atoms with Crippen molar-refractivity contribution in [1.82, 2.24) is 5.32 Å². The summed E-state index contributed by atoms with van der Waals surface area (Å²) in [7, 11) is 1.26. The van der Waals surface area contributed by atoms with Crippen LogP contribution in [0.4, 0.5) is 4.39 Å². The SMILES string of the molecule is COC(=O)C(Br)CNC(=O)c1ccc(C)c(F)c1. The van der Waals surface area contributed by atoms with Gasteiger partial charge in [-0.15, -0.1) is 0 Å². The lowest BCUT2D eigenvalue weighted by molar-refractivity contribution is -0.139. The summed E-state index contributed by atoms with van der Waals surface area (Å²) in [6, 6.07) is 4.21. The van der Waals surface area contributed by atoms with Crippen LogP contribution in [-0.4, -0.2) is 30.4 Å². The number of hydrogen-bond donors (Lipinski definition) is 1. The molecule has 0 radical (unpaired) electrons. The minimum Gasteiger partial charge on any atom is -0.468 e. The normalized spacial score (nSPS) is 11.8. The van der Waals surface area contributed by atoms with E-state index in [0.29, 0.717) is 5.56 Å². The predicted molar refractivity (Wildman–Crippen MR) is 68.2 cm³/mol. The molecular formula is C12H13BrFNO3. The molecular weight excluding hydrogens is 305 g/mol. The van der Waals surface area contributed by atoms with Crippen LogP contribution >= 0.6 is 15.9 Å². The summed E-state index contributed by atoms with van der Waals surface area (Å²) in [6.07, 6.45) is 0. The van der Waals surface area contributed by atoms with Crippen LogP contribution in [0.25, 0.3) is 0 Å². The van der Waals surface area contributed by atoms with Crippen LogP contribution in [0.3, 0.4) is 0 Å². The quantitative estimate of drug-likeness (QED) is 0.680. The van der Waals surface area contributed by atoms with E-state index in [1.54, 1.807) is 6.92 Å². The highest BCUT2D eigenvalue weighted by atomic mass is 79.9. The Morgan fingerprint density at radius 1 is 1.50 bits per heavy atom. The highest BCUT2D eigenvalue weighted by molar-refractivity contribution is 9.10. The van der Waals surface area contributed by atoms with Crippen molar-refractivity contribution < 1.29 is 18.7 Å². The molecule has 18 heavy (non-hydrogen) atoms. The van der Waals surface area contributed by atoms with Crippen molar-refractivity contribution in [2.45, 2.75) is 11.8 Å². The van der Waals surface area contributed by atoms with E-state index in [4.69, 9.17) is 0 Å². The Bertz CT molecular complexity index is 465. The van der Waals surface area contributed by atoms with Crippen molar-refractivity contribution in [2.24, 2.45) is 0 Å². The molecule has 1 aromatic carbocycles. The van der Waals surface area contributed by atoms with Gasteiger partial charge in [-0.25, -0.2) is 4.39 Å². The molecule has 0 aliphatic heterocycles. The van der Waals surface area contributed by atoms with Gasteiger partial charge in [-0.05, 0) is 24.6 Å². The zero-order valence-electron chi connectivity index (χ0n) is 10.00. The van der Waals surface area contributed by atoms with E-state index in [1.165, 1.54) is 19.2 Å². The van der Waals surface area contributed by atoms with E-state index in [9.17, 15) is 14.0 Å². The summed E-state index contributed by atoms with van der Waals surface area (Å²) in [5, 5.41) is 2.51. The molecule has 1 unspecified atom stereocenters. The summed E-state index contributed by atoms with van der Waals surface area (Å²) in [4.78, 5) is 22.1. The Hall–Kier alpha value is -1.43. The highest BCUT2D eigenvalue weighted by Gasteiger charge is 2.16. The molecule has 1 aromatic rings. The number of halogens is 2. The van der Waals surface area contributed by atoms with Gasteiger partial charge in [-0.3, -0.25) is 9.59 Å². The molecule has 1 N–H and O–H groups in total. The maximum absolute atomic E-state index is 13.3. The minimum absolute atomic E-state index is 0.0704. The van der Waals surface area contributed by atoms with Crippen LogP contribution in [0.2, 0.25) is 0 Å². The van der Waals surface area contributed by atoms with E-state index >= 15 is 0 Å². The fourth-order valence-electron chi connectivity index (χ4n) is 1.23. The van der Waals surface area contributed by atoms with E-state index in [-0.39, 0.29) is 12.1 Å². The molecule has 1 rings (SSSR count). The number of aryl methyl sites for hydroxylation is 1. The Morgan fingerprint density at radius 3 is 2.72 bits per heavy atom. The van der Waals surface area contributed by atoms with Gasteiger partial charge in [0.25, 0.3) is 5.91 Å². The first-order valence-corrected chi connectivity index (χ1v) is 6.13. The summed E-state index contributed by atoms with van der Waals surface area (Å²) in [5.41, 5.74) is 0.683. The molecule has 0 aromatic heterocycles. The van der Waals surface area contributed by atoms with Crippen LogP contribution in [0.1, 0.15) is 15.9 Å². The molecule has 1 atom stereocenters. The summed E-state index contributed by atoms with van der Waals surface area (Å²) >= 11 is 3.07. The van der Waals surface area contributed by atoms with Crippen LogP contribution < -0.4 is 5.32 Å². The second-order valence-electron chi connectivity index (χ2n) is 3.66. The second kappa shape index (κ2) is 6.49. The van der Waals surface area contributed by atoms with Crippen molar-refractivity contribution >= 4 is 27.8 Å². The fourth-order valence-corrected chi connectivity index (χ4v) is 1.58. The standard InChI is InChI=1S/C12H13BrFNO3/c1-7-3-4-8(5-10(7)14)11(16)15-6-9(13)12(17)18-2/h3-5,9H,6H2,1-2H3,(H,15,16). The van der Waals surface area contributed by atoms with E-state index in [0.717, 1.165) is 6.07 Å². The van der Waals surface area contributed by atoms with Crippen molar-refractivity contribution in [3.63, 3.8) is 0 Å². The number of alkyl halides is 1. The average molecular weight is 318 g/mol. The first-order chi connectivity index (χ1) is 8.45. The molecule has 6 heteroatoms. The van der Waals surface area contributed by atoms with Gasteiger partial charge >= 0.3 is 5.97 Å². The van der Waals surface area contributed by atoms with E-state index in [2.05, 4.69) is 26.0 Å². The number of rotatable bonds is 4. The van der Waals surface area contributed by atoms with Crippen LogP contribution in [0, 0.1) is 12.7 Å². The number of benzene rings is 1. The van der Waals surface area contributed by atoms with Gasteiger partial charge < -0.3 is 10.1 Å². The highest BCUT2D eigenvalue weighted by Crippen LogP contribution is 2.09. The summed E-state index contributed by atoms with van der Waals surface area (Å²) in [6.45, 7) is 1.68. The molecule has 0 aliphatic rings. The fraction of sp³-hybridized carbons (Fsp3) is 0.333. The third kappa shape index (κ3) is 3.80. The third-order valence-corrected chi connectivity index (χ3v) is 3.03. The van der Waals surface area contributed by atoms with Gasteiger partial charge in [-0.1, -0.05) is 22.0 Å². The first-order valence-electron chi connectivity index (χ1n) is 5.22. The van der Waals surface area contributed by atoms with Crippen LogP contribution in [0.5, 0.6) is 0 Å². The Morgan fingerprint density at radius 2 is 2.17 bits per heavy atom. The largest absolute Gasteiger partial charge is 0.468 e. The van der Waals surface area contributed by atoms with Crippen LogP contribution in [-0.2, 0) is 9.53 Å². The molecule has 0 saturated carbocycles. The summed E-state index contributed by atoms with van der Waals surface area (Å²) < 4.78 is 17.7. The Labute approximate surface area is 113 Å². The monoisotopic (exact) mass is 317 g/mol. The topological polar surface area (TPSA) is 55.4 Å². The second-order valence-corrected chi connectivity index (χ2v) is 4.77. The molecule has 0 fully saturated rings. The molecule has 1 amide bonds. The number of carbonyl (C=O) groups is 2. The Kier molecular flexibility index (Phi) is 5.27. The Balaban J connectivity index is 2.60. The van der Waals surface area contributed by atoms with E-state index < -0.39 is 22.5 Å². The summed E-state index contributed by atoms with van der Waals surface area (Å²) in [5.74, 6) is -1.36. The number of carbonyl (C=O) groups excluding carboxylic acids is 2. The average Bonchev–Trinajstić information content (AvgIpc) is 2.37. The lowest BCUT2D eigenvalue weighted by atomic mass is 10.1. The molecule has 0 spiro atoms. The zero-order chi connectivity index (χ0) is 13.7. The third-order valence-electron chi connectivity index (χ3n) is 2.33.